The molecule has 1 N–H and O–H groups in total. The number of nitrogens with one attached hydrogen (secondary N) is 1. The Morgan fingerprint density at radius 3 is 3.04 bits per heavy atom. The molecule has 2 aromatic rings. The number of carbonyl (C=O) groups is 2. The van der Waals surface area contributed by atoms with Crippen molar-refractivity contribution in [2.45, 2.75) is 38.3 Å². The van der Waals surface area contributed by atoms with E-state index in [1.807, 2.05) is 40.8 Å². The van der Waals surface area contributed by atoms with Crippen molar-refractivity contribution in [2.24, 2.45) is 0 Å². The molecule has 1 aromatic heterocycles. The molecule has 1 saturated heterocycles. The van der Waals surface area contributed by atoms with E-state index in [9.17, 15) is 9.59 Å². The Hall–Kier alpha value is -2.83. The van der Waals surface area contributed by atoms with Crippen molar-refractivity contribution in [2.75, 3.05) is 19.6 Å². The highest BCUT2D eigenvalue weighted by molar-refractivity contribution is 5.97. The lowest BCUT2D eigenvalue weighted by molar-refractivity contribution is -0.137. The molecule has 2 aliphatic rings. The minimum Gasteiger partial charge on any atom is -0.483 e. The highest BCUT2D eigenvalue weighted by Crippen LogP contribution is 2.32. The number of imidazole rings is 1. The first-order valence-electron chi connectivity index (χ1n) is 9.38. The molecule has 4 rings (SSSR count). The SMILES string of the molecule is Cc1nccn1CCC(=O)N1CCC[C@@]2(CNC(=O)c3ccccc3O2)C1. The summed E-state index contributed by atoms with van der Waals surface area (Å²) >= 11 is 0. The normalized spacial score (nSPS) is 22.0. The number of ether oxygens (including phenoxy) is 1. The van der Waals surface area contributed by atoms with E-state index in [4.69, 9.17) is 4.74 Å². The largest absolute Gasteiger partial charge is 0.483 e. The number of hydrogen-bond donors (Lipinski definition) is 1. The van der Waals surface area contributed by atoms with Crippen molar-refractivity contribution in [1.82, 2.24) is 19.8 Å². The number of benzene rings is 1. The van der Waals surface area contributed by atoms with Crippen LogP contribution in [0.4, 0.5) is 0 Å². The lowest BCUT2D eigenvalue weighted by Crippen LogP contribution is -2.58. The highest BCUT2D eigenvalue weighted by Gasteiger charge is 2.41. The number of fused-ring (bicyclic) bond motifs is 1. The fourth-order valence-corrected chi connectivity index (χ4v) is 3.90. The first-order chi connectivity index (χ1) is 13.1. The molecule has 3 heterocycles. The fourth-order valence-electron chi connectivity index (χ4n) is 3.90. The molecular formula is C20H24N4O3. The quantitative estimate of drug-likeness (QED) is 0.896. The molecule has 0 aliphatic carbocycles. The van der Waals surface area contributed by atoms with E-state index in [1.54, 1.807) is 12.3 Å². The van der Waals surface area contributed by atoms with Crippen molar-refractivity contribution in [1.29, 1.82) is 0 Å². The molecule has 27 heavy (non-hydrogen) atoms. The number of rotatable bonds is 3. The number of carbonyl (C=O) groups excluding carboxylic acids is 2. The van der Waals surface area contributed by atoms with Crippen LogP contribution in [-0.4, -0.2) is 51.5 Å². The lowest BCUT2D eigenvalue weighted by atomic mass is 9.92. The van der Waals surface area contributed by atoms with Gasteiger partial charge in [0.1, 0.15) is 17.2 Å². The van der Waals surface area contributed by atoms with Gasteiger partial charge in [-0.2, -0.15) is 0 Å². The van der Waals surface area contributed by atoms with E-state index >= 15 is 0 Å². The molecule has 7 heteroatoms. The maximum atomic E-state index is 12.8. The smallest absolute Gasteiger partial charge is 0.255 e. The Balaban J connectivity index is 1.46. The molecule has 0 radical (unpaired) electrons. The molecule has 1 fully saturated rings. The van der Waals surface area contributed by atoms with Crippen LogP contribution in [0.25, 0.3) is 0 Å². The summed E-state index contributed by atoms with van der Waals surface area (Å²) in [7, 11) is 0. The van der Waals surface area contributed by atoms with Gasteiger partial charge in [0.05, 0.1) is 18.7 Å². The van der Waals surface area contributed by atoms with Gasteiger partial charge in [-0.15, -0.1) is 0 Å². The monoisotopic (exact) mass is 368 g/mol. The van der Waals surface area contributed by atoms with Crippen molar-refractivity contribution < 1.29 is 14.3 Å². The van der Waals surface area contributed by atoms with Crippen LogP contribution in [0.5, 0.6) is 5.75 Å². The Morgan fingerprint density at radius 2 is 2.22 bits per heavy atom. The van der Waals surface area contributed by atoms with E-state index in [1.165, 1.54) is 0 Å². The van der Waals surface area contributed by atoms with E-state index in [0.29, 0.717) is 37.4 Å². The van der Waals surface area contributed by atoms with Gasteiger partial charge < -0.3 is 19.5 Å². The minimum absolute atomic E-state index is 0.106. The van der Waals surface area contributed by atoms with Crippen LogP contribution >= 0.6 is 0 Å². The third-order valence-corrected chi connectivity index (χ3v) is 5.41. The molecule has 2 amide bonds. The van der Waals surface area contributed by atoms with Crippen LogP contribution in [0.15, 0.2) is 36.7 Å². The predicted molar refractivity (Wildman–Crippen MR) is 99.5 cm³/mol. The maximum Gasteiger partial charge on any atom is 0.255 e. The van der Waals surface area contributed by atoms with Crippen LogP contribution < -0.4 is 10.1 Å². The predicted octanol–water partition coefficient (Wildman–Crippen LogP) is 1.77. The molecule has 2 aliphatic heterocycles. The van der Waals surface area contributed by atoms with Gasteiger partial charge in [-0.1, -0.05) is 12.1 Å². The third-order valence-electron chi connectivity index (χ3n) is 5.41. The van der Waals surface area contributed by atoms with Crippen molar-refractivity contribution in [3.05, 3.63) is 48.0 Å². The minimum atomic E-state index is -0.568. The van der Waals surface area contributed by atoms with Crippen LogP contribution in [0, 0.1) is 6.92 Å². The average Bonchev–Trinajstić information content (AvgIpc) is 3.04. The summed E-state index contributed by atoms with van der Waals surface area (Å²) in [4.78, 5) is 31.2. The van der Waals surface area contributed by atoms with Crippen molar-refractivity contribution in [3.63, 3.8) is 0 Å². The van der Waals surface area contributed by atoms with Gasteiger partial charge in [0.15, 0.2) is 0 Å². The van der Waals surface area contributed by atoms with Gasteiger partial charge in [-0.3, -0.25) is 9.59 Å². The zero-order valence-electron chi connectivity index (χ0n) is 15.5. The topological polar surface area (TPSA) is 76.5 Å². The Kier molecular flexibility index (Phi) is 4.59. The Bertz CT molecular complexity index is 862. The highest BCUT2D eigenvalue weighted by atomic mass is 16.5. The molecule has 1 aromatic carbocycles. The molecule has 1 atom stereocenters. The van der Waals surface area contributed by atoms with E-state index in [-0.39, 0.29) is 11.8 Å². The van der Waals surface area contributed by atoms with Crippen molar-refractivity contribution >= 4 is 11.8 Å². The summed E-state index contributed by atoms with van der Waals surface area (Å²) in [6.07, 6.45) is 5.73. The van der Waals surface area contributed by atoms with Gasteiger partial charge in [0.25, 0.3) is 5.91 Å². The third kappa shape index (κ3) is 3.54. The van der Waals surface area contributed by atoms with Crippen LogP contribution in [0.3, 0.4) is 0 Å². The molecule has 0 bridgehead atoms. The second kappa shape index (κ2) is 7.06. The van der Waals surface area contributed by atoms with E-state index in [2.05, 4.69) is 10.3 Å². The number of hydrogen-bond acceptors (Lipinski definition) is 4. The molecule has 142 valence electrons. The van der Waals surface area contributed by atoms with Crippen molar-refractivity contribution in [3.8, 4) is 5.75 Å². The second-order valence-corrected chi connectivity index (χ2v) is 7.30. The van der Waals surface area contributed by atoms with Gasteiger partial charge in [0, 0.05) is 31.9 Å². The lowest BCUT2D eigenvalue weighted by Gasteiger charge is -2.42. The zero-order chi connectivity index (χ0) is 18.9. The van der Waals surface area contributed by atoms with Gasteiger partial charge in [0.2, 0.25) is 5.91 Å². The van der Waals surface area contributed by atoms with Crippen LogP contribution in [0.2, 0.25) is 0 Å². The Labute approximate surface area is 158 Å². The molecule has 7 nitrogen and oxygen atoms in total. The first kappa shape index (κ1) is 17.6. The van der Waals surface area contributed by atoms with E-state index < -0.39 is 5.60 Å². The van der Waals surface area contributed by atoms with Gasteiger partial charge >= 0.3 is 0 Å². The standard InChI is InChI=1S/C20H24N4O3/c1-15-21-9-12-23(15)11-7-18(25)24-10-4-8-20(14-24)13-22-19(26)16-5-2-3-6-17(16)27-20/h2-3,5-6,9,12H,4,7-8,10-11,13-14H2,1H3,(H,22,26)/t20-/m1/s1. The number of likely N-dealkylation sites (tertiary alicyclic amines) is 1. The zero-order valence-corrected chi connectivity index (χ0v) is 15.5. The number of amides is 2. The summed E-state index contributed by atoms with van der Waals surface area (Å²) < 4.78 is 8.30. The van der Waals surface area contributed by atoms with E-state index in [0.717, 1.165) is 25.2 Å². The Morgan fingerprint density at radius 1 is 1.37 bits per heavy atom. The summed E-state index contributed by atoms with van der Waals surface area (Å²) in [5, 5.41) is 2.97. The summed E-state index contributed by atoms with van der Waals surface area (Å²) in [5.41, 5.74) is -0.0189. The summed E-state index contributed by atoms with van der Waals surface area (Å²) in [5.74, 6) is 1.48. The van der Waals surface area contributed by atoms with Gasteiger partial charge in [-0.25, -0.2) is 4.98 Å². The van der Waals surface area contributed by atoms with Crippen LogP contribution in [-0.2, 0) is 11.3 Å². The molecule has 1 spiro atoms. The number of nitrogens with zero attached hydrogens (tertiary/aromatic N) is 3. The number of piperidine rings is 1. The second-order valence-electron chi connectivity index (χ2n) is 7.30. The molecular weight excluding hydrogens is 344 g/mol. The van der Waals surface area contributed by atoms with Crippen LogP contribution in [0.1, 0.15) is 35.4 Å². The average molecular weight is 368 g/mol. The molecule has 0 unspecified atom stereocenters. The summed E-state index contributed by atoms with van der Waals surface area (Å²) in [6, 6.07) is 7.28. The number of aryl methyl sites for hydroxylation is 2. The molecule has 0 saturated carbocycles. The first-order valence-corrected chi connectivity index (χ1v) is 9.38. The van der Waals surface area contributed by atoms with Gasteiger partial charge in [-0.05, 0) is 31.9 Å². The summed E-state index contributed by atoms with van der Waals surface area (Å²) in [6.45, 7) is 4.17. The fraction of sp³-hybridized carbons (Fsp3) is 0.450. The number of aromatic nitrogens is 2. The number of para-hydroxylation sites is 1. The maximum absolute atomic E-state index is 12.8.